The van der Waals surface area contributed by atoms with Gasteiger partial charge in [-0.05, 0) is 38.7 Å². The number of ether oxygens (including phenoxy) is 1. The van der Waals surface area contributed by atoms with Crippen molar-refractivity contribution in [3.05, 3.63) is 35.9 Å². The van der Waals surface area contributed by atoms with Crippen LogP contribution in [-0.4, -0.2) is 31.8 Å². The second-order valence-corrected chi connectivity index (χ2v) is 6.17. The SMILES string of the molecule is CCNC(=NCCCOC1CCCC1)NC(C)c1ccccc1.I. The molecule has 0 spiro atoms. The summed E-state index contributed by atoms with van der Waals surface area (Å²) in [5.41, 5.74) is 1.27. The first-order valence-corrected chi connectivity index (χ1v) is 9.01. The number of hydrogen-bond donors (Lipinski definition) is 2. The minimum absolute atomic E-state index is 0. The molecular weight excluding hydrogens is 413 g/mol. The average Bonchev–Trinajstić information content (AvgIpc) is 3.09. The lowest BCUT2D eigenvalue weighted by molar-refractivity contribution is 0.0579. The molecule has 1 aromatic rings. The summed E-state index contributed by atoms with van der Waals surface area (Å²) in [5.74, 6) is 0.879. The van der Waals surface area contributed by atoms with Crippen LogP contribution in [0.4, 0.5) is 0 Å². The molecule has 0 saturated heterocycles. The van der Waals surface area contributed by atoms with E-state index in [-0.39, 0.29) is 30.0 Å². The number of benzene rings is 1. The molecule has 0 heterocycles. The molecule has 0 amide bonds. The maximum atomic E-state index is 5.89. The second kappa shape index (κ2) is 12.5. The Labute approximate surface area is 163 Å². The second-order valence-electron chi connectivity index (χ2n) is 6.17. The fraction of sp³-hybridized carbons (Fsp3) is 0.632. The van der Waals surface area contributed by atoms with E-state index >= 15 is 0 Å². The molecule has 0 aliphatic heterocycles. The fourth-order valence-corrected chi connectivity index (χ4v) is 2.91. The van der Waals surface area contributed by atoms with Crippen LogP contribution in [0.1, 0.15) is 57.6 Å². The van der Waals surface area contributed by atoms with Crippen LogP contribution in [0.3, 0.4) is 0 Å². The number of nitrogens with one attached hydrogen (secondary N) is 2. The van der Waals surface area contributed by atoms with E-state index in [0.29, 0.717) is 6.10 Å². The van der Waals surface area contributed by atoms with E-state index in [1.165, 1.54) is 31.2 Å². The van der Waals surface area contributed by atoms with Gasteiger partial charge in [0.25, 0.3) is 0 Å². The Hall–Kier alpha value is -0.820. The van der Waals surface area contributed by atoms with Crippen LogP contribution in [0.2, 0.25) is 0 Å². The Bertz CT molecular complexity index is 461. The molecule has 2 N–H and O–H groups in total. The molecule has 2 rings (SSSR count). The Morgan fingerprint density at radius 3 is 2.62 bits per heavy atom. The summed E-state index contributed by atoms with van der Waals surface area (Å²) in [4.78, 5) is 4.66. The maximum absolute atomic E-state index is 5.89. The van der Waals surface area contributed by atoms with Crippen molar-refractivity contribution in [3.8, 4) is 0 Å². The molecule has 1 unspecified atom stereocenters. The van der Waals surface area contributed by atoms with Gasteiger partial charge in [0, 0.05) is 19.7 Å². The number of hydrogen-bond acceptors (Lipinski definition) is 2. The Morgan fingerprint density at radius 1 is 1.25 bits per heavy atom. The lowest BCUT2D eigenvalue weighted by Gasteiger charge is -2.18. The largest absolute Gasteiger partial charge is 0.378 e. The fourth-order valence-electron chi connectivity index (χ4n) is 2.91. The highest BCUT2D eigenvalue weighted by atomic mass is 127. The first-order chi connectivity index (χ1) is 11.3. The van der Waals surface area contributed by atoms with Crippen molar-refractivity contribution >= 4 is 29.9 Å². The van der Waals surface area contributed by atoms with E-state index in [2.05, 4.69) is 53.7 Å². The van der Waals surface area contributed by atoms with Gasteiger partial charge in [0.05, 0.1) is 12.1 Å². The minimum atomic E-state index is 0. The number of rotatable bonds is 8. The Kier molecular flexibility index (Phi) is 11.1. The van der Waals surface area contributed by atoms with E-state index in [9.17, 15) is 0 Å². The van der Waals surface area contributed by atoms with Gasteiger partial charge in [-0.1, -0.05) is 43.2 Å². The molecule has 1 aliphatic rings. The number of halogens is 1. The van der Waals surface area contributed by atoms with Crippen LogP contribution >= 0.6 is 24.0 Å². The van der Waals surface area contributed by atoms with Crippen LogP contribution in [0, 0.1) is 0 Å². The van der Waals surface area contributed by atoms with Gasteiger partial charge in [0.15, 0.2) is 5.96 Å². The normalized spacial score (nSPS) is 16.5. The quantitative estimate of drug-likeness (QED) is 0.272. The van der Waals surface area contributed by atoms with Crippen LogP contribution < -0.4 is 10.6 Å². The molecule has 1 aliphatic carbocycles. The van der Waals surface area contributed by atoms with Crippen molar-refractivity contribution in [2.24, 2.45) is 4.99 Å². The number of nitrogens with zero attached hydrogens (tertiary/aromatic N) is 1. The highest BCUT2D eigenvalue weighted by Crippen LogP contribution is 2.20. The lowest BCUT2D eigenvalue weighted by Crippen LogP contribution is -2.38. The molecule has 4 nitrogen and oxygen atoms in total. The molecule has 0 aromatic heterocycles. The topological polar surface area (TPSA) is 45.7 Å². The highest BCUT2D eigenvalue weighted by Gasteiger charge is 2.14. The summed E-state index contributed by atoms with van der Waals surface area (Å²) in [5, 5.41) is 6.78. The Morgan fingerprint density at radius 2 is 1.96 bits per heavy atom. The first kappa shape index (κ1) is 21.2. The molecular formula is C19H32IN3O. The third-order valence-corrected chi connectivity index (χ3v) is 4.23. The van der Waals surface area contributed by atoms with Crippen LogP contribution in [0.15, 0.2) is 35.3 Å². The van der Waals surface area contributed by atoms with Crippen molar-refractivity contribution in [3.63, 3.8) is 0 Å². The summed E-state index contributed by atoms with van der Waals surface area (Å²) in [6.07, 6.45) is 6.61. The predicted molar refractivity (Wildman–Crippen MR) is 112 cm³/mol. The molecule has 0 bridgehead atoms. The van der Waals surface area contributed by atoms with Crippen molar-refractivity contribution in [2.45, 2.75) is 58.1 Å². The van der Waals surface area contributed by atoms with Gasteiger partial charge < -0.3 is 15.4 Å². The first-order valence-electron chi connectivity index (χ1n) is 9.01. The highest BCUT2D eigenvalue weighted by molar-refractivity contribution is 14.0. The van der Waals surface area contributed by atoms with E-state index in [1.54, 1.807) is 0 Å². The zero-order chi connectivity index (χ0) is 16.3. The van der Waals surface area contributed by atoms with E-state index in [1.807, 2.05) is 6.07 Å². The molecule has 1 fully saturated rings. The van der Waals surface area contributed by atoms with Gasteiger partial charge in [0.1, 0.15) is 0 Å². The maximum Gasteiger partial charge on any atom is 0.191 e. The van der Waals surface area contributed by atoms with E-state index in [0.717, 1.165) is 32.1 Å². The van der Waals surface area contributed by atoms with Gasteiger partial charge in [-0.3, -0.25) is 4.99 Å². The van der Waals surface area contributed by atoms with Gasteiger partial charge in [-0.2, -0.15) is 0 Å². The lowest BCUT2D eigenvalue weighted by atomic mass is 10.1. The average molecular weight is 445 g/mol. The van der Waals surface area contributed by atoms with Crippen molar-refractivity contribution in [2.75, 3.05) is 19.7 Å². The van der Waals surface area contributed by atoms with Crippen molar-refractivity contribution < 1.29 is 4.74 Å². The molecule has 1 saturated carbocycles. The van der Waals surface area contributed by atoms with Crippen LogP contribution in [0.5, 0.6) is 0 Å². The molecule has 1 atom stereocenters. The third-order valence-electron chi connectivity index (χ3n) is 4.23. The van der Waals surface area contributed by atoms with Crippen LogP contribution in [-0.2, 0) is 4.74 Å². The van der Waals surface area contributed by atoms with Gasteiger partial charge >= 0.3 is 0 Å². The molecule has 0 radical (unpaired) electrons. The minimum Gasteiger partial charge on any atom is -0.378 e. The van der Waals surface area contributed by atoms with E-state index in [4.69, 9.17) is 4.74 Å². The van der Waals surface area contributed by atoms with Gasteiger partial charge in [0.2, 0.25) is 0 Å². The zero-order valence-corrected chi connectivity index (χ0v) is 17.3. The summed E-state index contributed by atoms with van der Waals surface area (Å²) in [6.45, 7) is 6.73. The summed E-state index contributed by atoms with van der Waals surface area (Å²) in [7, 11) is 0. The van der Waals surface area contributed by atoms with Crippen molar-refractivity contribution in [1.29, 1.82) is 0 Å². The molecule has 1 aromatic carbocycles. The monoisotopic (exact) mass is 445 g/mol. The molecule has 24 heavy (non-hydrogen) atoms. The number of aliphatic imine (C=N–C) groups is 1. The standard InChI is InChI=1S/C19H31N3O.HI/c1-3-20-19(22-16(2)17-10-5-4-6-11-17)21-14-9-15-23-18-12-7-8-13-18;/h4-6,10-11,16,18H,3,7-9,12-15H2,1-2H3,(H2,20,21,22);1H. The summed E-state index contributed by atoms with van der Waals surface area (Å²) < 4.78 is 5.89. The van der Waals surface area contributed by atoms with E-state index < -0.39 is 0 Å². The zero-order valence-electron chi connectivity index (χ0n) is 15.0. The van der Waals surface area contributed by atoms with Crippen LogP contribution in [0.25, 0.3) is 0 Å². The summed E-state index contributed by atoms with van der Waals surface area (Å²) >= 11 is 0. The van der Waals surface area contributed by atoms with Gasteiger partial charge in [-0.25, -0.2) is 0 Å². The van der Waals surface area contributed by atoms with Gasteiger partial charge in [-0.15, -0.1) is 24.0 Å². The Balaban J connectivity index is 0.00000288. The number of guanidine groups is 1. The van der Waals surface area contributed by atoms with Crippen molar-refractivity contribution in [1.82, 2.24) is 10.6 Å². The summed E-state index contributed by atoms with van der Waals surface area (Å²) in [6, 6.07) is 10.7. The predicted octanol–water partition coefficient (Wildman–Crippen LogP) is 4.27. The third kappa shape index (κ3) is 7.83. The molecule has 136 valence electrons. The molecule has 5 heteroatoms. The smallest absolute Gasteiger partial charge is 0.191 e.